The molecule has 5 N–H and O–H groups in total. The highest BCUT2D eigenvalue weighted by Crippen LogP contribution is 2.24. The lowest BCUT2D eigenvalue weighted by atomic mass is 10.1. The smallest absolute Gasteiger partial charge is 0.246 e. The van der Waals surface area contributed by atoms with E-state index in [1.165, 1.54) is 6.07 Å². The minimum atomic E-state index is -0.599. The minimum absolute atomic E-state index is 0.230. The maximum absolute atomic E-state index is 13.7. The maximum atomic E-state index is 13.7. The van der Waals surface area contributed by atoms with E-state index in [9.17, 15) is 9.18 Å². The van der Waals surface area contributed by atoms with Crippen molar-refractivity contribution >= 4 is 33.2 Å². The molecule has 2 aromatic carbocycles. The second-order valence-corrected chi connectivity index (χ2v) is 6.80. The lowest BCUT2D eigenvalue weighted by Gasteiger charge is -2.20. The lowest BCUT2D eigenvalue weighted by molar-refractivity contribution is -0.118. The van der Waals surface area contributed by atoms with E-state index in [0.717, 1.165) is 10.0 Å². The van der Waals surface area contributed by atoms with Gasteiger partial charge in [0, 0.05) is 10.2 Å². The molecule has 2 atom stereocenters. The van der Waals surface area contributed by atoms with Crippen molar-refractivity contribution in [2.75, 3.05) is 10.6 Å². The van der Waals surface area contributed by atoms with Gasteiger partial charge < -0.3 is 10.6 Å². The van der Waals surface area contributed by atoms with Gasteiger partial charge in [-0.25, -0.2) is 15.2 Å². The fraction of sp³-hybridized carbons (Fsp3) is 0.235. The summed E-state index contributed by atoms with van der Waals surface area (Å²) in [5.41, 5.74) is 11.4. The van der Waals surface area contributed by atoms with E-state index in [-0.39, 0.29) is 11.7 Å². The molecule has 0 radical (unpaired) electrons. The van der Waals surface area contributed by atoms with Crippen molar-refractivity contribution in [2.45, 2.75) is 26.1 Å². The lowest BCUT2D eigenvalue weighted by Crippen LogP contribution is -2.48. The first-order valence-corrected chi connectivity index (χ1v) is 8.59. The highest BCUT2D eigenvalue weighted by molar-refractivity contribution is 9.10. The summed E-state index contributed by atoms with van der Waals surface area (Å²) in [5, 5.41) is 5.97. The van der Waals surface area contributed by atoms with Gasteiger partial charge >= 0.3 is 0 Å². The number of hydrogen-bond acceptors (Lipinski definition) is 5. The molecule has 2 aromatic rings. The summed E-state index contributed by atoms with van der Waals surface area (Å²) in [7, 11) is 0. The number of anilines is 2. The summed E-state index contributed by atoms with van der Waals surface area (Å²) < 4.78 is 14.5. The molecule has 8 heteroatoms. The molecule has 25 heavy (non-hydrogen) atoms. The molecule has 1 saturated heterocycles. The quantitative estimate of drug-likeness (QED) is 0.538. The molecule has 132 valence electrons. The minimum Gasteiger partial charge on any atom is -0.367 e. The molecule has 0 saturated carbocycles. The number of aryl methyl sites for hydroxylation is 2. The third-order valence-corrected chi connectivity index (χ3v) is 4.60. The Kier molecular flexibility index (Phi) is 5.33. The Morgan fingerprint density at radius 3 is 2.68 bits per heavy atom. The summed E-state index contributed by atoms with van der Waals surface area (Å²) in [6.07, 6.45) is -0.452. The summed E-state index contributed by atoms with van der Waals surface area (Å²) in [6, 6.07) is 9.95. The van der Waals surface area contributed by atoms with Crippen LogP contribution in [0.25, 0.3) is 0 Å². The van der Waals surface area contributed by atoms with Crippen LogP contribution in [0.4, 0.5) is 15.8 Å². The van der Waals surface area contributed by atoms with Gasteiger partial charge in [0.2, 0.25) is 5.91 Å². The molecule has 1 heterocycles. The van der Waals surface area contributed by atoms with Gasteiger partial charge in [0.15, 0.2) is 0 Å². The van der Waals surface area contributed by atoms with Crippen molar-refractivity contribution in [2.24, 2.45) is 0 Å². The summed E-state index contributed by atoms with van der Waals surface area (Å²) in [4.78, 5) is 12.6. The molecule has 1 fully saturated rings. The Morgan fingerprint density at radius 2 is 1.96 bits per heavy atom. The van der Waals surface area contributed by atoms with Crippen molar-refractivity contribution in [3.63, 3.8) is 0 Å². The molecular weight excluding hydrogens is 389 g/mol. The zero-order valence-corrected chi connectivity index (χ0v) is 15.4. The van der Waals surface area contributed by atoms with Crippen molar-refractivity contribution in [3.05, 3.63) is 57.8 Å². The Hall–Kier alpha value is -2.00. The van der Waals surface area contributed by atoms with Crippen LogP contribution in [-0.2, 0) is 4.79 Å². The first kappa shape index (κ1) is 17.8. The van der Waals surface area contributed by atoms with Crippen molar-refractivity contribution < 1.29 is 9.18 Å². The molecule has 3 rings (SSSR count). The number of rotatable bonds is 4. The normalized spacial score (nSPS) is 19.7. The molecule has 1 aliphatic rings. The van der Waals surface area contributed by atoms with E-state index in [1.54, 1.807) is 19.1 Å². The summed E-state index contributed by atoms with van der Waals surface area (Å²) in [6.45, 7) is 3.68. The van der Waals surface area contributed by atoms with Crippen LogP contribution in [0.2, 0.25) is 0 Å². The average molecular weight is 408 g/mol. The van der Waals surface area contributed by atoms with E-state index in [2.05, 4.69) is 42.9 Å². The Bertz CT molecular complexity index is 801. The Morgan fingerprint density at radius 1 is 1.16 bits per heavy atom. The van der Waals surface area contributed by atoms with Crippen LogP contribution in [-0.4, -0.2) is 18.1 Å². The van der Waals surface area contributed by atoms with E-state index >= 15 is 0 Å². The Labute approximate surface area is 153 Å². The topological polar surface area (TPSA) is 77.2 Å². The summed E-state index contributed by atoms with van der Waals surface area (Å²) in [5.74, 6) is -0.527. The van der Waals surface area contributed by atoms with Crippen molar-refractivity contribution in [1.82, 2.24) is 16.4 Å². The fourth-order valence-electron chi connectivity index (χ4n) is 2.49. The van der Waals surface area contributed by atoms with Gasteiger partial charge in [0.25, 0.3) is 0 Å². The van der Waals surface area contributed by atoms with Gasteiger partial charge in [-0.05, 0) is 65.2 Å². The van der Waals surface area contributed by atoms with Crippen LogP contribution in [0, 0.1) is 19.7 Å². The zero-order chi connectivity index (χ0) is 18.0. The van der Waals surface area contributed by atoms with Crippen LogP contribution in [0.5, 0.6) is 0 Å². The van der Waals surface area contributed by atoms with Crippen LogP contribution in [0.1, 0.15) is 11.1 Å². The Balaban J connectivity index is 1.69. The van der Waals surface area contributed by atoms with E-state index < -0.39 is 12.2 Å². The number of hydrazine groups is 2. The van der Waals surface area contributed by atoms with Gasteiger partial charge in [0.1, 0.15) is 18.0 Å². The molecule has 6 nitrogen and oxygen atoms in total. The molecule has 0 aliphatic carbocycles. The standard InChI is InChI=1S/C17H19BrFN5O/c1-9-3-6-14(12(18)7-9)21-17(25)15-16(23-24-22-15)20-11-5-4-10(2)13(19)8-11/h3-8,15-16,20,22-24H,1-2H3,(H,21,25). The van der Waals surface area contributed by atoms with E-state index in [4.69, 9.17) is 0 Å². The third kappa shape index (κ3) is 4.16. The van der Waals surface area contributed by atoms with E-state index in [1.807, 2.05) is 25.1 Å². The van der Waals surface area contributed by atoms with E-state index in [0.29, 0.717) is 16.9 Å². The molecule has 0 spiro atoms. The number of amides is 1. The SMILES string of the molecule is Cc1ccc(NC(=O)C2NNNC2Nc2ccc(C)c(F)c2)c(Br)c1. The van der Waals surface area contributed by atoms with Crippen LogP contribution < -0.4 is 27.0 Å². The van der Waals surface area contributed by atoms with Crippen LogP contribution in [0.3, 0.4) is 0 Å². The molecule has 1 amide bonds. The van der Waals surface area contributed by atoms with Gasteiger partial charge in [-0.15, -0.1) is 0 Å². The number of nitrogens with one attached hydrogen (secondary N) is 5. The van der Waals surface area contributed by atoms with Gasteiger partial charge in [-0.3, -0.25) is 4.79 Å². The molecular formula is C17H19BrFN5O. The second-order valence-electron chi connectivity index (χ2n) is 5.95. The number of carbonyl (C=O) groups excluding carboxylic acids is 1. The van der Waals surface area contributed by atoms with Crippen molar-refractivity contribution in [3.8, 4) is 0 Å². The molecule has 2 unspecified atom stereocenters. The van der Waals surface area contributed by atoms with Crippen molar-refractivity contribution in [1.29, 1.82) is 0 Å². The molecule has 0 aromatic heterocycles. The van der Waals surface area contributed by atoms with Gasteiger partial charge in [0.05, 0.1) is 5.69 Å². The largest absolute Gasteiger partial charge is 0.367 e. The fourth-order valence-corrected chi connectivity index (χ4v) is 3.09. The first-order valence-electron chi connectivity index (χ1n) is 7.80. The van der Waals surface area contributed by atoms with Crippen LogP contribution >= 0.6 is 15.9 Å². The predicted molar refractivity (Wildman–Crippen MR) is 99.3 cm³/mol. The van der Waals surface area contributed by atoms with Crippen LogP contribution in [0.15, 0.2) is 40.9 Å². The number of benzene rings is 2. The maximum Gasteiger partial charge on any atom is 0.246 e. The number of hydrogen-bond donors (Lipinski definition) is 5. The number of halogens is 2. The van der Waals surface area contributed by atoms with Gasteiger partial charge in [-0.1, -0.05) is 12.1 Å². The van der Waals surface area contributed by atoms with Gasteiger partial charge in [-0.2, -0.15) is 5.53 Å². The monoisotopic (exact) mass is 407 g/mol. The average Bonchev–Trinajstić information content (AvgIpc) is 3.02. The highest BCUT2D eigenvalue weighted by Gasteiger charge is 2.33. The second kappa shape index (κ2) is 7.49. The first-order chi connectivity index (χ1) is 11.9. The number of carbonyl (C=O) groups is 1. The highest BCUT2D eigenvalue weighted by atomic mass is 79.9. The predicted octanol–water partition coefficient (Wildman–Crippen LogP) is 2.56. The molecule has 0 bridgehead atoms. The summed E-state index contributed by atoms with van der Waals surface area (Å²) >= 11 is 3.44. The third-order valence-electron chi connectivity index (χ3n) is 3.95. The zero-order valence-electron chi connectivity index (χ0n) is 13.8. The molecule has 1 aliphatic heterocycles.